The number of hydrogen-bond acceptors (Lipinski definition) is 3. The molecule has 1 aromatic carbocycles. The third-order valence-corrected chi connectivity index (χ3v) is 3.46. The Bertz CT molecular complexity index is 549. The Morgan fingerprint density at radius 3 is 2.48 bits per heavy atom. The molecule has 0 spiro atoms. The summed E-state index contributed by atoms with van der Waals surface area (Å²) in [5.74, 6) is -0.503. The highest BCUT2D eigenvalue weighted by Crippen LogP contribution is 2.17. The SMILES string of the molecule is Cc1ccc(NC(=O)N2CC(C)OC(C)C2)cc1C(N)=O. The first-order valence-corrected chi connectivity index (χ1v) is 6.98. The van der Waals surface area contributed by atoms with Crippen LogP contribution in [0.25, 0.3) is 0 Å². The standard InChI is InChI=1S/C15H21N3O3/c1-9-4-5-12(6-13(9)14(16)19)17-15(20)18-7-10(2)21-11(3)8-18/h4-6,10-11H,7-8H2,1-3H3,(H2,16,19)(H,17,20). The van der Waals surface area contributed by atoms with E-state index in [-0.39, 0.29) is 18.2 Å². The smallest absolute Gasteiger partial charge is 0.322 e. The van der Waals surface area contributed by atoms with E-state index >= 15 is 0 Å². The van der Waals surface area contributed by atoms with Crippen LogP contribution in [0.2, 0.25) is 0 Å². The molecule has 0 aliphatic carbocycles. The molecule has 21 heavy (non-hydrogen) atoms. The van der Waals surface area contributed by atoms with Crippen molar-refractivity contribution in [3.8, 4) is 0 Å². The first kappa shape index (κ1) is 15.3. The summed E-state index contributed by atoms with van der Waals surface area (Å²) in [6.07, 6.45) is 0.0254. The number of nitrogens with zero attached hydrogens (tertiary/aromatic N) is 1. The summed E-state index contributed by atoms with van der Waals surface area (Å²) in [5.41, 5.74) is 7.08. The molecule has 1 aliphatic rings. The molecule has 2 atom stereocenters. The van der Waals surface area contributed by atoms with E-state index in [1.165, 1.54) is 0 Å². The molecule has 3 amide bonds. The molecule has 2 unspecified atom stereocenters. The first-order valence-electron chi connectivity index (χ1n) is 6.98. The Hall–Kier alpha value is -2.08. The number of primary amides is 1. The fourth-order valence-electron chi connectivity index (χ4n) is 2.51. The minimum absolute atomic E-state index is 0.0127. The van der Waals surface area contributed by atoms with Gasteiger partial charge in [0, 0.05) is 24.3 Å². The second-order valence-corrected chi connectivity index (χ2v) is 5.49. The van der Waals surface area contributed by atoms with Crippen molar-refractivity contribution in [2.24, 2.45) is 5.73 Å². The lowest BCUT2D eigenvalue weighted by Crippen LogP contribution is -2.49. The monoisotopic (exact) mass is 291 g/mol. The summed E-state index contributed by atoms with van der Waals surface area (Å²) >= 11 is 0. The number of morpholine rings is 1. The maximum Gasteiger partial charge on any atom is 0.322 e. The van der Waals surface area contributed by atoms with Crippen molar-refractivity contribution in [3.05, 3.63) is 29.3 Å². The minimum Gasteiger partial charge on any atom is -0.372 e. The van der Waals surface area contributed by atoms with Crippen LogP contribution in [0.4, 0.5) is 10.5 Å². The Labute approximate surface area is 124 Å². The van der Waals surface area contributed by atoms with E-state index in [4.69, 9.17) is 10.5 Å². The van der Waals surface area contributed by atoms with Crippen LogP contribution < -0.4 is 11.1 Å². The molecule has 6 nitrogen and oxygen atoms in total. The quantitative estimate of drug-likeness (QED) is 0.870. The fraction of sp³-hybridized carbons (Fsp3) is 0.467. The molecule has 3 N–H and O–H groups in total. The molecular formula is C15H21N3O3. The third kappa shape index (κ3) is 3.72. The van der Waals surface area contributed by atoms with Crippen molar-refractivity contribution in [2.45, 2.75) is 33.0 Å². The van der Waals surface area contributed by atoms with Gasteiger partial charge in [-0.2, -0.15) is 0 Å². The van der Waals surface area contributed by atoms with Gasteiger partial charge in [0.05, 0.1) is 12.2 Å². The molecule has 0 radical (unpaired) electrons. The molecule has 1 fully saturated rings. The number of hydrogen-bond donors (Lipinski definition) is 2. The van der Waals surface area contributed by atoms with E-state index in [1.807, 2.05) is 13.8 Å². The summed E-state index contributed by atoms with van der Waals surface area (Å²) in [6.45, 7) is 6.77. The van der Waals surface area contributed by atoms with Gasteiger partial charge in [-0.3, -0.25) is 4.79 Å². The van der Waals surface area contributed by atoms with Crippen LogP contribution in [-0.4, -0.2) is 42.1 Å². The van der Waals surface area contributed by atoms with Gasteiger partial charge in [0.1, 0.15) is 0 Å². The van der Waals surface area contributed by atoms with E-state index in [0.29, 0.717) is 24.3 Å². The van der Waals surface area contributed by atoms with Gasteiger partial charge in [0.15, 0.2) is 0 Å². The highest BCUT2D eigenvalue weighted by molar-refractivity contribution is 5.97. The van der Waals surface area contributed by atoms with Crippen LogP contribution in [0.1, 0.15) is 29.8 Å². The molecule has 2 rings (SSSR count). The van der Waals surface area contributed by atoms with E-state index in [9.17, 15) is 9.59 Å². The first-order chi connectivity index (χ1) is 9.86. The molecule has 6 heteroatoms. The van der Waals surface area contributed by atoms with Gasteiger partial charge in [-0.05, 0) is 38.5 Å². The summed E-state index contributed by atoms with van der Waals surface area (Å²) in [6, 6.07) is 4.92. The Kier molecular flexibility index (Phi) is 4.47. The van der Waals surface area contributed by atoms with Gasteiger partial charge in [0.25, 0.3) is 0 Å². The topological polar surface area (TPSA) is 84.7 Å². The van der Waals surface area contributed by atoms with Gasteiger partial charge in [0.2, 0.25) is 5.91 Å². The van der Waals surface area contributed by atoms with Gasteiger partial charge in [-0.25, -0.2) is 4.79 Å². The molecule has 0 aromatic heterocycles. The maximum atomic E-state index is 12.3. The Morgan fingerprint density at radius 2 is 1.90 bits per heavy atom. The van der Waals surface area contributed by atoms with Crippen LogP contribution in [0, 0.1) is 6.92 Å². The number of urea groups is 1. The van der Waals surface area contributed by atoms with Crippen LogP contribution >= 0.6 is 0 Å². The molecule has 1 heterocycles. The summed E-state index contributed by atoms with van der Waals surface area (Å²) < 4.78 is 5.60. The van der Waals surface area contributed by atoms with Crippen LogP contribution in [0.15, 0.2) is 18.2 Å². The number of carbonyl (C=O) groups is 2. The molecule has 1 aliphatic heterocycles. The molecule has 0 saturated carbocycles. The Balaban J connectivity index is 2.09. The largest absolute Gasteiger partial charge is 0.372 e. The van der Waals surface area contributed by atoms with Gasteiger partial charge >= 0.3 is 6.03 Å². The summed E-state index contributed by atoms with van der Waals surface area (Å²) in [4.78, 5) is 25.3. The number of ether oxygens (including phenoxy) is 1. The Morgan fingerprint density at radius 1 is 1.29 bits per heavy atom. The molecule has 0 bridgehead atoms. The molecule has 1 saturated heterocycles. The predicted octanol–water partition coefficient (Wildman–Crippen LogP) is 1.74. The van der Waals surface area contributed by atoms with Crippen molar-refractivity contribution in [1.82, 2.24) is 4.90 Å². The normalized spacial score (nSPS) is 22.0. The lowest BCUT2D eigenvalue weighted by atomic mass is 10.1. The predicted molar refractivity (Wildman–Crippen MR) is 80.3 cm³/mol. The number of anilines is 1. The second-order valence-electron chi connectivity index (χ2n) is 5.49. The number of aryl methyl sites for hydroxylation is 1. The van der Waals surface area contributed by atoms with Crippen LogP contribution in [0.3, 0.4) is 0 Å². The summed E-state index contributed by atoms with van der Waals surface area (Å²) in [5, 5.41) is 2.80. The van der Waals surface area contributed by atoms with Crippen molar-refractivity contribution >= 4 is 17.6 Å². The molecule has 1 aromatic rings. The number of nitrogens with one attached hydrogen (secondary N) is 1. The van der Waals surface area contributed by atoms with Crippen molar-refractivity contribution < 1.29 is 14.3 Å². The third-order valence-electron chi connectivity index (χ3n) is 3.46. The average molecular weight is 291 g/mol. The number of carbonyl (C=O) groups excluding carboxylic acids is 2. The van der Waals surface area contributed by atoms with Crippen molar-refractivity contribution in [3.63, 3.8) is 0 Å². The number of benzene rings is 1. The lowest BCUT2D eigenvalue weighted by molar-refractivity contribution is -0.0530. The zero-order chi connectivity index (χ0) is 15.6. The molecule has 114 valence electrons. The van der Waals surface area contributed by atoms with E-state index < -0.39 is 5.91 Å². The lowest BCUT2D eigenvalue weighted by Gasteiger charge is -2.35. The minimum atomic E-state index is -0.503. The zero-order valence-corrected chi connectivity index (χ0v) is 12.6. The van der Waals surface area contributed by atoms with Crippen LogP contribution in [-0.2, 0) is 4.74 Å². The van der Waals surface area contributed by atoms with Crippen LogP contribution in [0.5, 0.6) is 0 Å². The van der Waals surface area contributed by atoms with E-state index in [0.717, 1.165) is 5.56 Å². The fourth-order valence-corrected chi connectivity index (χ4v) is 2.51. The average Bonchev–Trinajstić information content (AvgIpc) is 2.39. The van der Waals surface area contributed by atoms with Gasteiger partial charge in [-0.1, -0.05) is 6.07 Å². The highest BCUT2D eigenvalue weighted by Gasteiger charge is 2.25. The summed E-state index contributed by atoms with van der Waals surface area (Å²) in [7, 11) is 0. The number of nitrogens with two attached hydrogens (primary N) is 1. The van der Waals surface area contributed by atoms with Gasteiger partial charge in [-0.15, -0.1) is 0 Å². The van der Waals surface area contributed by atoms with Crippen molar-refractivity contribution in [2.75, 3.05) is 18.4 Å². The van der Waals surface area contributed by atoms with Crippen molar-refractivity contribution in [1.29, 1.82) is 0 Å². The second kappa shape index (κ2) is 6.13. The number of rotatable bonds is 2. The van der Waals surface area contributed by atoms with Gasteiger partial charge < -0.3 is 20.7 Å². The van der Waals surface area contributed by atoms with E-state index in [1.54, 1.807) is 30.0 Å². The molecular weight excluding hydrogens is 270 g/mol. The zero-order valence-electron chi connectivity index (χ0n) is 12.6. The van der Waals surface area contributed by atoms with E-state index in [2.05, 4.69) is 5.32 Å². The number of amides is 3. The maximum absolute atomic E-state index is 12.3. The highest BCUT2D eigenvalue weighted by atomic mass is 16.5.